The Hall–Kier alpha value is -1.95. The first kappa shape index (κ1) is 15.6. The number of nitrogens with zero attached hydrogens (tertiary/aromatic N) is 3. The third kappa shape index (κ3) is 2.69. The normalized spacial score (nSPS) is 20.9. The molecule has 2 fully saturated rings. The van der Waals surface area contributed by atoms with E-state index in [2.05, 4.69) is 10.1 Å². The summed E-state index contributed by atoms with van der Waals surface area (Å²) in [5.74, 6) is 0.506. The highest BCUT2D eigenvalue weighted by Crippen LogP contribution is 2.41. The van der Waals surface area contributed by atoms with Crippen molar-refractivity contribution >= 4 is 17.0 Å². The Morgan fingerprint density at radius 2 is 2.25 bits per heavy atom. The van der Waals surface area contributed by atoms with Gasteiger partial charge in [0.15, 0.2) is 0 Å². The van der Waals surface area contributed by atoms with E-state index < -0.39 is 0 Å². The predicted octanol–water partition coefficient (Wildman–Crippen LogP) is 2.79. The monoisotopic (exact) mass is 329 g/mol. The summed E-state index contributed by atoms with van der Waals surface area (Å²) in [5, 5.41) is 13.9. The van der Waals surface area contributed by atoms with Crippen LogP contribution in [-0.4, -0.2) is 45.2 Å². The summed E-state index contributed by atoms with van der Waals surface area (Å²) in [4.78, 5) is 19.8. The Bertz CT molecular complexity index is 766. The molecule has 2 aliphatic rings. The molecule has 1 atom stereocenters. The highest BCUT2D eigenvalue weighted by atomic mass is 16.5. The standard InChI is InChI=1S/C18H23N3O3/c1-11-16-14(10-15(12-6-7-12)19-17(16)24-20-11)18(23)21-8-2-4-13(21)5-3-9-22/h10,12-13,22H,2-9H2,1H3. The van der Waals surface area contributed by atoms with Crippen LogP contribution in [0.3, 0.4) is 0 Å². The Morgan fingerprint density at radius 1 is 1.42 bits per heavy atom. The van der Waals surface area contributed by atoms with Gasteiger partial charge in [-0.2, -0.15) is 0 Å². The number of pyridine rings is 1. The van der Waals surface area contributed by atoms with Crippen molar-refractivity contribution in [3.63, 3.8) is 0 Å². The topological polar surface area (TPSA) is 79.5 Å². The molecule has 0 bridgehead atoms. The van der Waals surface area contributed by atoms with Gasteiger partial charge in [-0.15, -0.1) is 0 Å². The molecular formula is C18H23N3O3. The number of carbonyl (C=O) groups is 1. The second-order valence-corrected chi connectivity index (χ2v) is 6.98. The van der Waals surface area contributed by atoms with Crippen molar-refractivity contribution in [3.05, 3.63) is 23.0 Å². The molecule has 2 aromatic heterocycles. The molecule has 0 spiro atoms. The molecule has 128 valence electrons. The lowest BCUT2D eigenvalue weighted by molar-refractivity contribution is 0.0726. The number of aryl methyl sites for hydroxylation is 1. The van der Waals surface area contributed by atoms with Crippen molar-refractivity contribution in [1.29, 1.82) is 0 Å². The number of rotatable bonds is 5. The van der Waals surface area contributed by atoms with Crippen molar-refractivity contribution in [2.24, 2.45) is 0 Å². The van der Waals surface area contributed by atoms with E-state index in [0.717, 1.165) is 56.1 Å². The van der Waals surface area contributed by atoms with Crippen molar-refractivity contribution in [2.45, 2.75) is 57.4 Å². The Labute approximate surface area is 140 Å². The van der Waals surface area contributed by atoms with Crippen molar-refractivity contribution in [2.75, 3.05) is 13.2 Å². The summed E-state index contributed by atoms with van der Waals surface area (Å²) in [6.07, 6.45) is 5.88. The fourth-order valence-corrected chi connectivity index (χ4v) is 3.76. The summed E-state index contributed by atoms with van der Waals surface area (Å²) >= 11 is 0. The van der Waals surface area contributed by atoms with Crippen LogP contribution in [0.4, 0.5) is 0 Å². The fourth-order valence-electron chi connectivity index (χ4n) is 3.76. The highest BCUT2D eigenvalue weighted by Gasteiger charge is 2.33. The van der Waals surface area contributed by atoms with Crippen LogP contribution in [0.5, 0.6) is 0 Å². The molecule has 1 saturated heterocycles. The van der Waals surface area contributed by atoms with Gasteiger partial charge in [0.25, 0.3) is 11.6 Å². The maximum atomic E-state index is 13.2. The molecule has 2 aromatic rings. The van der Waals surface area contributed by atoms with Crippen LogP contribution in [0.2, 0.25) is 0 Å². The number of aromatic nitrogens is 2. The van der Waals surface area contributed by atoms with Crippen LogP contribution >= 0.6 is 0 Å². The smallest absolute Gasteiger partial charge is 0.259 e. The van der Waals surface area contributed by atoms with Gasteiger partial charge in [-0.3, -0.25) is 4.79 Å². The number of hydrogen-bond acceptors (Lipinski definition) is 5. The zero-order valence-electron chi connectivity index (χ0n) is 14.0. The zero-order chi connectivity index (χ0) is 16.7. The van der Waals surface area contributed by atoms with E-state index in [1.54, 1.807) is 0 Å². The molecule has 0 radical (unpaired) electrons. The molecule has 1 aliphatic carbocycles. The minimum Gasteiger partial charge on any atom is -0.396 e. The summed E-state index contributed by atoms with van der Waals surface area (Å²) in [7, 11) is 0. The molecule has 3 heterocycles. The van der Waals surface area contributed by atoms with Gasteiger partial charge in [0, 0.05) is 30.8 Å². The number of amides is 1. The quantitative estimate of drug-likeness (QED) is 0.912. The third-order valence-corrected chi connectivity index (χ3v) is 5.20. The molecular weight excluding hydrogens is 306 g/mol. The molecule has 24 heavy (non-hydrogen) atoms. The largest absolute Gasteiger partial charge is 0.396 e. The van der Waals surface area contributed by atoms with E-state index in [1.807, 2.05) is 17.9 Å². The van der Waals surface area contributed by atoms with Gasteiger partial charge < -0.3 is 14.5 Å². The molecule has 1 N–H and O–H groups in total. The summed E-state index contributed by atoms with van der Waals surface area (Å²) in [6, 6.07) is 2.17. The van der Waals surface area contributed by atoms with Gasteiger partial charge in [-0.05, 0) is 51.5 Å². The molecule has 0 aromatic carbocycles. The lowest BCUT2D eigenvalue weighted by atomic mass is 10.0. The van der Waals surface area contributed by atoms with Crippen LogP contribution in [-0.2, 0) is 0 Å². The fraction of sp³-hybridized carbons (Fsp3) is 0.611. The minimum atomic E-state index is 0.0519. The van der Waals surface area contributed by atoms with Crippen LogP contribution in [0, 0.1) is 6.92 Å². The summed E-state index contributed by atoms with van der Waals surface area (Å²) < 4.78 is 5.35. The summed E-state index contributed by atoms with van der Waals surface area (Å²) in [5.41, 5.74) is 2.82. The predicted molar refractivity (Wildman–Crippen MR) is 88.9 cm³/mol. The maximum absolute atomic E-state index is 13.2. The minimum absolute atomic E-state index is 0.0519. The van der Waals surface area contributed by atoms with E-state index in [0.29, 0.717) is 22.9 Å². The lowest BCUT2D eigenvalue weighted by Gasteiger charge is -2.25. The zero-order valence-corrected chi connectivity index (χ0v) is 14.0. The number of fused-ring (bicyclic) bond motifs is 1. The molecule has 6 nitrogen and oxygen atoms in total. The highest BCUT2D eigenvalue weighted by molar-refractivity contribution is 6.06. The Balaban J connectivity index is 1.71. The van der Waals surface area contributed by atoms with Gasteiger partial charge in [0.2, 0.25) is 0 Å². The lowest BCUT2D eigenvalue weighted by Crippen LogP contribution is -2.35. The van der Waals surface area contributed by atoms with Gasteiger partial charge in [0.05, 0.1) is 16.6 Å². The van der Waals surface area contributed by atoms with E-state index in [1.165, 1.54) is 0 Å². The van der Waals surface area contributed by atoms with Gasteiger partial charge >= 0.3 is 0 Å². The first-order chi connectivity index (χ1) is 11.7. The third-order valence-electron chi connectivity index (χ3n) is 5.20. The SMILES string of the molecule is Cc1noc2nc(C3CC3)cc(C(=O)N3CCCC3CCCO)c12. The molecule has 4 rings (SSSR count). The van der Waals surface area contributed by atoms with Crippen molar-refractivity contribution in [1.82, 2.24) is 15.0 Å². The number of aliphatic hydroxyl groups is 1. The number of hydrogen-bond donors (Lipinski definition) is 1. The Morgan fingerprint density at radius 3 is 3.00 bits per heavy atom. The molecule has 6 heteroatoms. The van der Waals surface area contributed by atoms with E-state index in [-0.39, 0.29) is 18.6 Å². The first-order valence-electron chi connectivity index (χ1n) is 8.87. The van der Waals surface area contributed by atoms with Gasteiger partial charge in [-0.25, -0.2) is 4.98 Å². The average Bonchev–Trinajstić information content (AvgIpc) is 3.23. The number of carbonyl (C=O) groups excluding carboxylic acids is 1. The maximum Gasteiger partial charge on any atom is 0.259 e. The molecule has 1 unspecified atom stereocenters. The van der Waals surface area contributed by atoms with Crippen LogP contribution in [0.1, 0.15) is 66.2 Å². The molecule has 1 aliphatic heterocycles. The molecule has 1 saturated carbocycles. The van der Waals surface area contributed by atoms with E-state index in [4.69, 9.17) is 9.63 Å². The van der Waals surface area contributed by atoms with E-state index in [9.17, 15) is 4.79 Å². The second-order valence-electron chi connectivity index (χ2n) is 6.98. The van der Waals surface area contributed by atoms with Crippen molar-refractivity contribution in [3.8, 4) is 0 Å². The van der Waals surface area contributed by atoms with Crippen LogP contribution in [0.25, 0.3) is 11.1 Å². The number of likely N-dealkylation sites (tertiary alicyclic amines) is 1. The number of aliphatic hydroxyl groups excluding tert-OH is 1. The van der Waals surface area contributed by atoms with E-state index >= 15 is 0 Å². The van der Waals surface area contributed by atoms with Gasteiger partial charge in [0.1, 0.15) is 0 Å². The van der Waals surface area contributed by atoms with Crippen LogP contribution in [0.15, 0.2) is 10.6 Å². The summed E-state index contributed by atoms with van der Waals surface area (Å²) in [6.45, 7) is 2.81. The Kier molecular flexibility index (Phi) is 4.00. The van der Waals surface area contributed by atoms with Gasteiger partial charge in [-0.1, -0.05) is 5.16 Å². The first-order valence-corrected chi connectivity index (χ1v) is 8.87. The van der Waals surface area contributed by atoms with Crippen LogP contribution < -0.4 is 0 Å². The molecule has 1 amide bonds. The average molecular weight is 329 g/mol. The van der Waals surface area contributed by atoms with Crippen molar-refractivity contribution < 1.29 is 14.4 Å². The second kappa shape index (κ2) is 6.16.